The summed E-state index contributed by atoms with van der Waals surface area (Å²) < 4.78 is 40.9. The summed E-state index contributed by atoms with van der Waals surface area (Å²) in [5.41, 5.74) is 0.465. The summed E-state index contributed by atoms with van der Waals surface area (Å²) in [6, 6.07) is 17.2. The molecule has 0 aliphatic carbocycles. The molecule has 4 rings (SSSR count). The molecule has 1 atom stereocenters. The Kier molecular flexibility index (Phi) is 6.67. The second kappa shape index (κ2) is 9.34. The number of aromatic nitrogens is 3. The van der Waals surface area contributed by atoms with Crippen LogP contribution in [-0.4, -0.2) is 31.7 Å². The summed E-state index contributed by atoms with van der Waals surface area (Å²) in [6.07, 6.45) is -7.59. The van der Waals surface area contributed by atoms with Gasteiger partial charge in [-0.25, -0.2) is 9.48 Å². The Morgan fingerprint density at radius 2 is 1.73 bits per heavy atom. The van der Waals surface area contributed by atoms with E-state index in [1.54, 1.807) is 36.4 Å². The minimum absolute atomic E-state index is 0.00264. The third-order valence-corrected chi connectivity index (χ3v) is 6.55. The fourth-order valence-corrected chi connectivity index (χ4v) is 4.66. The molecule has 5 nitrogen and oxygen atoms in total. The van der Waals surface area contributed by atoms with Crippen molar-refractivity contribution in [2.75, 3.05) is 0 Å². The molecule has 2 aromatic carbocycles. The van der Waals surface area contributed by atoms with E-state index in [1.165, 1.54) is 11.3 Å². The van der Waals surface area contributed by atoms with Crippen LogP contribution in [0.15, 0.2) is 65.5 Å². The van der Waals surface area contributed by atoms with Crippen LogP contribution in [-0.2, 0) is 13.1 Å². The van der Waals surface area contributed by atoms with Gasteiger partial charge in [0, 0.05) is 30.9 Å². The minimum Gasteiger partial charge on any atom is -0.382 e. The SMILES string of the molecule is O=c1n(Cc2ccc(-c3ccccc3Cl)s2)nc(-c2ccc(Cl)cc2)n1CC(O)C(F)(F)F. The van der Waals surface area contributed by atoms with Gasteiger partial charge in [-0.2, -0.15) is 13.2 Å². The van der Waals surface area contributed by atoms with Gasteiger partial charge in [0.2, 0.25) is 0 Å². The number of rotatable bonds is 6. The second-order valence-corrected chi connectivity index (χ2v) is 9.20. The van der Waals surface area contributed by atoms with E-state index >= 15 is 0 Å². The molecule has 0 saturated heterocycles. The maximum absolute atomic E-state index is 13.0. The number of benzene rings is 2. The number of alkyl halides is 3. The van der Waals surface area contributed by atoms with Gasteiger partial charge in [0.15, 0.2) is 11.9 Å². The van der Waals surface area contributed by atoms with Crippen molar-refractivity contribution in [3.63, 3.8) is 0 Å². The molecule has 0 spiro atoms. The van der Waals surface area contributed by atoms with Crippen LogP contribution >= 0.6 is 34.5 Å². The third-order valence-electron chi connectivity index (χ3n) is 4.87. The Balaban J connectivity index is 1.71. The molecular weight excluding hydrogens is 498 g/mol. The quantitative estimate of drug-likeness (QED) is 0.358. The van der Waals surface area contributed by atoms with Crippen LogP contribution in [0, 0.1) is 0 Å². The molecule has 0 fully saturated rings. The molecule has 11 heteroatoms. The van der Waals surface area contributed by atoms with Gasteiger partial charge in [0.1, 0.15) is 0 Å². The molecule has 1 unspecified atom stereocenters. The first kappa shape index (κ1) is 23.6. The number of aliphatic hydroxyl groups is 1. The van der Waals surface area contributed by atoms with Gasteiger partial charge < -0.3 is 5.11 Å². The van der Waals surface area contributed by atoms with Crippen LogP contribution < -0.4 is 5.69 Å². The first-order chi connectivity index (χ1) is 15.6. The Morgan fingerprint density at radius 3 is 2.39 bits per heavy atom. The van der Waals surface area contributed by atoms with Crippen molar-refractivity contribution in [2.24, 2.45) is 0 Å². The lowest BCUT2D eigenvalue weighted by Crippen LogP contribution is -2.37. The molecule has 33 heavy (non-hydrogen) atoms. The number of thiophene rings is 1. The highest BCUT2D eigenvalue weighted by atomic mass is 35.5. The molecule has 2 aromatic heterocycles. The first-order valence-corrected chi connectivity index (χ1v) is 11.2. The van der Waals surface area contributed by atoms with E-state index in [0.29, 0.717) is 15.6 Å². The second-order valence-electron chi connectivity index (χ2n) is 7.18. The van der Waals surface area contributed by atoms with Gasteiger partial charge in [-0.05, 0) is 42.5 Å². The Hall–Kier alpha value is -2.59. The fourth-order valence-electron chi connectivity index (χ4n) is 3.21. The summed E-state index contributed by atoms with van der Waals surface area (Å²) in [4.78, 5) is 14.6. The van der Waals surface area contributed by atoms with E-state index < -0.39 is 24.5 Å². The predicted octanol–water partition coefficient (Wildman–Crippen LogP) is 5.72. The highest BCUT2D eigenvalue weighted by Crippen LogP contribution is 2.33. The molecule has 0 radical (unpaired) electrons. The zero-order valence-electron chi connectivity index (χ0n) is 16.8. The molecule has 0 aliphatic rings. The highest BCUT2D eigenvalue weighted by Gasteiger charge is 2.39. The molecule has 172 valence electrons. The minimum atomic E-state index is -4.88. The molecule has 1 N–H and O–H groups in total. The average molecular weight is 514 g/mol. The normalized spacial score (nSPS) is 12.8. The van der Waals surface area contributed by atoms with E-state index in [2.05, 4.69) is 5.10 Å². The standard InChI is InChI=1S/C22H16Cl2F3N3O2S/c23-14-7-5-13(6-8-14)20-28-30(21(32)29(20)12-19(31)22(25,26)27)11-15-9-10-18(33-15)16-3-1-2-4-17(16)24/h1-10,19,31H,11-12H2. The van der Waals surface area contributed by atoms with Gasteiger partial charge >= 0.3 is 11.9 Å². The molecule has 0 amide bonds. The van der Waals surface area contributed by atoms with Crippen LogP contribution in [0.25, 0.3) is 21.8 Å². The third kappa shape index (κ3) is 5.16. The number of halogens is 5. The summed E-state index contributed by atoms with van der Waals surface area (Å²) >= 11 is 13.5. The van der Waals surface area contributed by atoms with Crippen LogP contribution in [0.4, 0.5) is 13.2 Å². The molecule has 0 aliphatic heterocycles. The van der Waals surface area contributed by atoms with Gasteiger partial charge in [0.05, 0.1) is 13.1 Å². The predicted molar refractivity (Wildman–Crippen MR) is 123 cm³/mol. The Labute approximate surface area is 200 Å². The van der Waals surface area contributed by atoms with Crippen molar-refractivity contribution < 1.29 is 18.3 Å². The van der Waals surface area contributed by atoms with Crippen molar-refractivity contribution in [3.8, 4) is 21.8 Å². The van der Waals surface area contributed by atoms with Crippen LogP contribution in [0.5, 0.6) is 0 Å². The zero-order valence-corrected chi connectivity index (χ0v) is 19.1. The summed E-state index contributed by atoms with van der Waals surface area (Å²) in [7, 11) is 0. The smallest absolute Gasteiger partial charge is 0.382 e. The topological polar surface area (TPSA) is 60.0 Å². The first-order valence-electron chi connectivity index (χ1n) is 9.65. The molecular formula is C22H16Cl2F3N3O2S. The largest absolute Gasteiger partial charge is 0.416 e. The fraction of sp³-hybridized carbons (Fsp3) is 0.182. The number of hydrogen-bond acceptors (Lipinski definition) is 4. The van der Waals surface area contributed by atoms with Crippen molar-refractivity contribution >= 4 is 34.5 Å². The van der Waals surface area contributed by atoms with Crippen LogP contribution in [0.1, 0.15) is 4.88 Å². The van der Waals surface area contributed by atoms with E-state index in [1.807, 2.05) is 24.3 Å². The molecule has 0 saturated carbocycles. The molecule has 2 heterocycles. The summed E-state index contributed by atoms with van der Waals surface area (Å²) in [6.45, 7) is -0.931. The van der Waals surface area contributed by atoms with Gasteiger partial charge in [-0.3, -0.25) is 4.57 Å². The lowest BCUT2D eigenvalue weighted by molar-refractivity contribution is -0.207. The van der Waals surface area contributed by atoms with E-state index in [-0.39, 0.29) is 12.4 Å². The lowest BCUT2D eigenvalue weighted by atomic mass is 10.2. The number of aliphatic hydroxyl groups excluding tert-OH is 1. The number of hydrogen-bond donors (Lipinski definition) is 1. The van der Waals surface area contributed by atoms with E-state index in [9.17, 15) is 23.1 Å². The maximum Gasteiger partial charge on any atom is 0.416 e. The lowest BCUT2D eigenvalue weighted by Gasteiger charge is -2.15. The summed E-state index contributed by atoms with van der Waals surface area (Å²) in [5.74, 6) is 0.00264. The van der Waals surface area contributed by atoms with Gasteiger partial charge in [-0.1, -0.05) is 41.4 Å². The number of nitrogens with zero attached hydrogens (tertiary/aromatic N) is 3. The Bertz CT molecular complexity index is 1330. The average Bonchev–Trinajstić information content (AvgIpc) is 3.34. The van der Waals surface area contributed by atoms with E-state index in [0.717, 1.165) is 24.6 Å². The summed E-state index contributed by atoms with van der Waals surface area (Å²) in [5, 5.41) is 14.9. The van der Waals surface area contributed by atoms with Crippen molar-refractivity contribution in [1.82, 2.24) is 14.3 Å². The highest BCUT2D eigenvalue weighted by molar-refractivity contribution is 7.15. The van der Waals surface area contributed by atoms with Crippen molar-refractivity contribution in [3.05, 3.63) is 86.1 Å². The van der Waals surface area contributed by atoms with Crippen LogP contribution in [0.3, 0.4) is 0 Å². The molecule has 0 bridgehead atoms. The zero-order chi connectivity index (χ0) is 23.8. The van der Waals surface area contributed by atoms with Gasteiger partial charge in [-0.15, -0.1) is 16.4 Å². The maximum atomic E-state index is 13.0. The van der Waals surface area contributed by atoms with Crippen molar-refractivity contribution in [2.45, 2.75) is 25.4 Å². The monoisotopic (exact) mass is 513 g/mol. The van der Waals surface area contributed by atoms with Crippen molar-refractivity contribution in [1.29, 1.82) is 0 Å². The Morgan fingerprint density at radius 1 is 1.03 bits per heavy atom. The van der Waals surface area contributed by atoms with Crippen LogP contribution in [0.2, 0.25) is 10.0 Å². The van der Waals surface area contributed by atoms with E-state index in [4.69, 9.17) is 23.2 Å². The molecule has 4 aromatic rings. The van der Waals surface area contributed by atoms with Gasteiger partial charge in [0.25, 0.3) is 0 Å².